The molecule has 1 N–H and O–H groups in total. The number of para-hydroxylation sites is 2. The molecule has 0 unspecified atom stereocenters. The fourth-order valence-corrected chi connectivity index (χ4v) is 7.41. The van der Waals surface area contributed by atoms with Crippen LogP contribution in [0.4, 0.5) is 0 Å². The average molecular weight is 895 g/mol. The smallest absolute Gasteiger partial charge is 0.507 e. The summed E-state index contributed by atoms with van der Waals surface area (Å²) in [5.41, 5.74) is 11.6. The number of hydrogen-bond donors (Lipinski definition) is 1. The molecule has 0 saturated carbocycles. The summed E-state index contributed by atoms with van der Waals surface area (Å²) >= 11 is 0. The summed E-state index contributed by atoms with van der Waals surface area (Å²) in [6, 6.07) is 37.9. The molecule has 5 aromatic carbocycles. The molecule has 0 atom stereocenters. The Balaban J connectivity index is 0.00000280. The number of phenols is 1. The minimum atomic E-state index is -0.289. The number of pyridine rings is 1. The number of phenolic OH excluding ortho intramolecular Hbond substituents is 1. The third-order valence-corrected chi connectivity index (χ3v) is 10.3. The molecule has 7 rings (SSSR count). The van der Waals surface area contributed by atoms with E-state index in [1.165, 1.54) is 11.1 Å². The summed E-state index contributed by atoms with van der Waals surface area (Å²) in [6.07, 6.45) is 1.84. The molecule has 5 heteroatoms. The van der Waals surface area contributed by atoms with Gasteiger partial charge in [-0.1, -0.05) is 164 Å². The molecular weight excluding hydrogens is 842 g/mol. The van der Waals surface area contributed by atoms with Gasteiger partial charge in [-0.15, -0.1) is 17.7 Å². The molecule has 2 heterocycles. The molecule has 54 heavy (non-hydrogen) atoms. The molecule has 7 aromatic rings. The van der Waals surface area contributed by atoms with Gasteiger partial charge in [0.2, 0.25) is 0 Å². The second-order valence-corrected chi connectivity index (χ2v) is 16.8. The van der Waals surface area contributed by atoms with Crippen LogP contribution in [-0.2, 0) is 31.9 Å². The zero-order chi connectivity index (χ0) is 37.1. The van der Waals surface area contributed by atoms with Gasteiger partial charge in [-0.2, -0.15) is 0 Å². The van der Waals surface area contributed by atoms with Crippen molar-refractivity contribution >= 4 is 21.8 Å². The Morgan fingerprint density at radius 2 is 1.35 bits per heavy atom. The summed E-state index contributed by atoms with van der Waals surface area (Å²) in [6.45, 7) is 22.2. The number of fused-ring (bicyclic) bond motifs is 2. The van der Waals surface area contributed by atoms with Gasteiger partial charge in [-0.25, -0.2) is 4.98 Å². The van der Waals surface area contributed by atoms with E-state index < -0.39 is 0 Å². The van der Waals surface area contributed by atoms with E-state index >= 15 is 0 Å². The van der Waals surface area contributed by atoms with Gasteiger partial charge in [0.15, 0.2) is 0 Å². The maximum atomic E-state index is 12.3. The third kappa shape index (κ3) is 7.30. The van der Waals surface area contributed by atoms with Crippen molar-refractivity contribution in [3.05, 3.63) is 139 Å². The van der Waals surface area contributed by atoms with E-state index in [1.54, 1.807) is 0 Å². The first-order chi connectivity index (χ1) is 24.6. The summed E-state index contributed by atoms with van der Waals surface area (Å²) in [5, 5.41) is 14.5. The van der Waals surface area contributed by atoms with Crippen LogP contribution in [-0.4, -0.2) is 19.6 Å². The van der Waals surface area contributed by atoms with Crippen molar-refractivity contribution in [3.8, 4) is 45.2 Å². The molecular formula is C49H53N3OPt. The van der Waals surface area contributed by atoms with Crippen LogP contribution in [0.3, 0.4) is 0 Å². The summed E-state index contributed by atoms with van der Waals surface area (Å²) in [7, 11) is 0. The summed E-state index contributed by atoms with van der Waals surface area (Å²) < 4.78 is 2.33. The maximum absolute atomic E-state index is 12.3. The van der Waals surface area contributed by atoms with Crippen molar-refractivity contribution in [2.45, 2.75) is 91.9 Å². The molecule has 2 aromatic heterocycles. The topological polar surface area (TPSA) is 50.9 Å². The molecule has 0 spiro atoms. The molecule has 0 fully saturated rings. The van der Waals surface area contributed by atoms with Gasteiger partial charge in [-0.3, -0.25) is 9.55 Å². The zero-order valence-corrected chi connectivity index (χ0v) is 35.8. The molecule has 0 radical (unpaired) electrons. The number of aromatic nitrogens is 3. The SMILES string of the molecule is CC(C)c1cccc(C(C)C)c1-n1c(-c2cc(C(C)(C)C)cc(C(C)(C)C)c2O)nc2c(-c3[c-]c(-c4ccccn4)c4ccccc4c3)cccc21.[CH3-].[Pt+2]. The van der Waals surface area contributed by atoms with Crippen LogP contribution in [0.1, 0.15) is 103 Å². The van der Waals surface area contributed by atoms with Crippen LogP contribution >= 0.6 is 0 Å². The van der Waals surface area contributed by atoms with Crippen molar-refractivity contribution in [2.75, 3.05) is 0 Å². The monoisotopic (exact) mass is 894 g/mol. The second-order valence-electron chi connectivity index (χ2n) is 16.8. The Bertz CT molecular complexity index is 2420. The van der Waals surface area contributed by atoms with E-state index in [-0.39, 0.29) is 56.9 Å². The van der Waals surface area contributed by atoms with Gasteiger partial charge in [0.25, 0.3) is 0 Å². The standard InChI is InChI=1S/C48H50N3O.CH3.Pt/c1-29(2)34-19-15-20-35(30(3)4)44(34)51-42-23-16-21-37(32-25-31-17-11-12-18-36(31)38(26-32)41-22-13-14-24-49-41)43(42)50-46(51)39-27-33(47(5,6)7)28-40(45(39)52)48(8,9)10;;/h11-25,27-30,52H,1-10H3;1H3;/q2*-1;+2. The fraction of sp³-hybridized carbons (Fsp3) is 0.286. The van der Waals surface area contributed by atoms with E-state index in [2.05, 4.69) is 159 Å². The van der Waals surface area contributed by atoms with Crippen LogP contribution in [0.15, 0.2) is 103 Å². The third-order valence-electron chi connectivity index (χ3n) is 10.3. The van der Waals surface area contributed by atoms with Gasteiger partial charge < -0.3 is 12.5 Å². The van der Waals surface area contributed by atoms with Crippen LogP contribution in [0.2, 0.25) is 0 Å². The quantitative estimate of drug-likeness (QED) is 0.169. The summed E-state index contributed by atoms with van der Waals surface area (Å²) in [5.74, 6) is 1.53. The van der Waals surface area contributed by atoms with Crippen LogP contribution in [0.25, 0.3) is 61.3 Å². The van der Waals surface area contributed by atoms with Crippen molar-refractivity contribution in [2.24, 2.45) is 0 Å². The van der Waals surface area contributed by atoms with E-state index in [4.69, 9.17) is 9.97 Å². The minimum absolute atomic E-state index is 0. The number of aromatic hydroxyl groups is 1. The Labute approximate surface area is 337 Å². The van der Waals surface area contributed by atoms with E-state index in [1.807, 2.05) is 24.4 Å². The number of benzene rings is 5. The van der Waals surface area contributed by atoms with Gasteiger partial charge in [0.05, 0.1) is 22.3 Å². The number of rotatable bonds is 6. The molecule has 0 aliphatic rings. The molecule has 0 saturated heterocycles. The van der Waals surface area contributed by atoms with Crippen molar-refractivity contribution < 1.29 is 26.2 Å². The van der Waals surface area contributed by atoms with Gasteiger partial charge in [-0.05, 0) is 57.6 Å². The first-order valence-electron chi connectivity index (χ1n) is 18.5. The number of imidazole rings is 1. The van der Waals surface area contributed by atoms with E-state index in [9.17, 15) is 5.11 Å². The Kier molecular flexibility index (Phi) is 11.5. The normalized spacial score (nSPS) is 12.0. The first kappa shape index (κ1) is 40.6. The molecule has 0 aliphatic carbocycles. The van der Waals surface area contributed by atoms with Gasteiger partial charge in [0, 0.05) is 17.5 Å². The molecule has 280 valence electrons. The summed E-state index contributed by atoms with van der Waals surface area (Å²) in [4.78, 5) is 10.3. The molecule has 0 aliphatic heterocycles. The second kappa shape index (κ2) is 15.3. The van der Waals surface area contributed by atoms with Crippen LogP contribution in [0, 0.1) is 13.5 Å². The maximum Gasteiger partial charge on any atom is 2.00 e. The largest absolute Gasteiger partial charge is 2.00 e. The van der Waals surface area contributed by atoms with Crippen LogP contribution < -0.4 is 0 Å². The Morgan fingerprint density at radius 3 is 1.96 bits per heavy atom. The Morgan fingerprint density at radius 1 is 0.704 bits per heavy atom. The Hall–Kier alpha value is -4.53. The van der Waals surface area contributed by atoms with Gasteiger partial charge >= 0.3 is 21.1 Å². The molecule has 4 nitrogen and oxygen atoms in total. The van der Waals surface area contributed by atoms with E-state index in [0.29, 0.717) is 0 Å². The van der Waals surface area contributed by atoms with Gasteiger partial charge in [0.1, 0.15) is 11.6 Å². The molecule has 0 bridgehead atoms. The predicted octanol–water partition coefficient (Wildman–Crippen LogP) is 13.4. The average Bonchev–Trinajstić information content (AvgIpc) is 3.49. The first-order valence-corrected chi connectivity index (χ1v) is 18.5. The number of nitrogens with zero attached hydrogens (tertiary/aromatic N) is 3. The van der Waals surface area contributed by atoms with Crippen molar-refractivity contribution in [1.29, 1.82) is 0 Å². The minimum Gasteiger partial charge on any atom is -0.507 e. The van der Waals surface area contributed by atoms with E-state index in [0.717, 1.165) is 72.4 Å². The van der Waals surface area contributed by atoms with Crippen LogP contribution in [0.5, 0.6) is 5.75 Å². The number of hydrogen-bond acceptors (Lipinski definition) is 3. The van der Waals surface area contributed by atoms with Crippen molar-refractivity contribution in [3.63, 3.8) is 0 Å². The van der Waals surface area contributed by atoms with Crippen molar-refractivity contribution in [1.82, 2.24) is 14.5 Å². The predicted molar refractivity (Wildman–Crippen MR) is 225 cm³/mol. The molecule has 0 amide bonds. The fourth-order valence-electron chi connectivity index (χ4n) is 7.41. The zero-order valence-electron chi connectivity index (χ0n) is 33.6.